The van der Waals surface area contributed by atoms with Crippen molar-refractivity contribution in [1.29, 1.82) is 0 Å². The van der Waals surface area contributed by atoms with Crippen LogP contribution in [0.4, 0.5) is 0 Å². The second kappa shape index (κ2) is 8.88. The van der Waals surface area contributed by atoms with Crippen LogP contribution in [0.25, 0.3) is 0 Å². The summed E-state index contributed by atoms with van der Waals surface area (Å²) in [6.45, 7) is 3.09. The molecule has 1 aliphatic heterocycles. The summed E-state index contributed by atoms with van der Waals surface area (Å²) in [7, 11) is 2.23. The lowest BCUT2D eigenvalue weighted by molar-refractivity contribution is 0.0944. The number of amides is 1. The number of fused-ring (bicyclic) bond motifs is 1. The van der Waals surface area contributed by atoms with E-state index in [2.05, 4.69) is 51.0 Å². The van der Waals surface area contributed by atoms with E-state index in [-0.39, 0.29) is 5.91 Å². The fraction of sp³-hybridized carbons (Fsp3) is 0.545. The van der Waals surface area contributed by atoms with Crippen LogP contribution in [0.1, 0.15) is 65.0 Å². The maximum absolute atomic E-state index is 12.7. The quantitative estimate of drug-likeness (QED) is 0.719. The summed E-state index contributed by atoms with van der Waals surface area (Å²) in [4.78, 5) is 15.2. The van der Waals surface area contributed by atoms with Crippen LogP contribution in [0, 0.1) is 0 Å². The first-order valence-electron chi connectivity index (χ1n) is 10.5. The minimum atomic E-state index is -0.100. The molecule has 6 nitrogen and oxygen atoms in total. The number of nitrogens with zero attached hydrogens (tertiary/aromatic N) is 2. The number of aromatic nitrogens is 2. The van der Waals surface area contributed by atoms with Crippen molar-refractivity contribution < 1.29 is 4.79 Å². The van der Waals surface area contributed by atoms with Crippen LogP contribution >= 0.6 is 0 Å². The summed E-state index contributed by atoms with van der Waals surface area (Å²) in [6.07, 6.45) is 7.55. The Morgan fingerprint density at radius 2 is 2.00 bits per heavy atom. The molecule has 1 amide bonds. The van der Waals surface area contributed by atoms with E-state index in [1.165, 1.54) is 43.2 Å². The van der Waals surface area contributed by atoms with Gasteiger partial charge in [0, 0.05) is 49.9 Å². The van der Waals surface area contributed by atoms with Gasteiger partial charge in [0.05, 0.1) is 0 Å². The maximum Gasteiger partial charge on any atom is 0.272 e. The van der Waals surface area contributed by atoms with E-state index in [1.807, 2.05) is 6.07 Å². The molecule has 0 radical (unpaired) electrons. The lowest BCUT2D eigenvalue weighted by Gasteiger charge is -2.31. The molecule has 0 saturated heterocycles. The number of rotatable bonds is 6. The van der Waals surface area contributed by atoms with E-state index in [1.54, 1.807) is 0 Å². The van der Waals surface area contributed by atoms with Gasteiger partial charge in [-0.2, -0.15) is 5.10 Å². The number of carbonyl (C=O) groups excluding carboxylic acids is 1. The standard InChI is InChI=1S/C22H31N5O/c1-27(18-9-3-2-4-10-18)15-17-8-6-5-7-16(17)13-24-22(28)21-19-14-23-12-11-20(19)25-26-21/h5-8,18,23H,2-4,9-15H2,1H3,(H,24,28)(H,25,26). The van der Waals surface area contributed by atoms with Gasteiger partial charge in [-0.3, -0.25) is 14.8 Å². The van der Waals surface area contributed by atoms with E-state index in [4.69, 9.17) is 0 Å². The summed E-state index contributed by atoms with van der Waals surface area (Å²) in [5.41, 5.74) is 5.09. The third-order valence-corrected chi connectivity index (χ3v) is 6.20. The molecule has 1 aliphatic carbocycles. The van der Waals surface area contributed by atoms with Crippen LogP contribution in [-0.2, 0) is 26.1 Å². The van der Waals surface area contributed by atoms with E-state index in [0.29, 0.717) is 24.8 Å². The van der Waals surface area contributed by atoms with Gasteiger partial charge in [-0.15, -0.1) is 0 Å². The predicted molar refractivity (Wildman–Crippen MR) is 110 cm³/mol. The predicted octanol–water partition coefficient (Wildman–Crippen LogP) is 2.75. The van der Waals surface area contributed by atoms with Crippen LogP contribution in [0.15, 0.2) is 24.3 Å². The smallest absolute Gasteiger partial charge is 0.272 e. The molecule has 0 spiro atoms. The Morgan fingerprint density at radius 3 is 2.82 bits per heavy atom. The Balaban J connectivity index is 1.40. The average molecular weight is 382 g/mol. The molecule has 150 valence electrons. The molecule has 28 heavy (non-hydrogen) atoms. The average Bonchev–Trinajstić information content (AvgIpc) is 3.18. The van der Waals surface area contributed by atoms with Gasteiger partial charge in [0.1, 0.15) is 0 Å². The Hall–Kier alpha value is -2.18. The highest BCUT2D eigenvalue weighted by Gasteiger charge is 2.22. The minimum Gasteiger partial charge on any atom is -0.347 e. The van der Waals surface area contributed by atoms with Crippen molar-refractivity contribution >= 4 is 5.91 Å². The molecule has 0 bridgehead atoms. The Bertz CT molecular complexity index is 809. The lowest BCUT2D eigenvalue weighted by atomic mass is 9.94. The molecule has 0 unspecified atom stereocenters. The number of aromatic amines is 1. The molecule has 1 aromatic carbocycles. The van der Waals surface area contributed by atoms with Crippen molar-refractivity contribution in [3.63, 3.8) is 0 Å². The van der Waals surface area contributed by atoms with Crippen molar-refractivity contribution in [2.75, 3.05) is 13.6 Å². The van der Waals surface area contributed by atoms with Crippen LogP contribution in [0.5, 0.6) is 0 Å². The zero-order valence-corrected chi connectivity index (χ0v) is 16.8. The second-order valence-electron chi connectivity index (χ2n) is 8.11. The van der Waals surface area contributed by atoms with Crippen LogP contribution < -0.4 is 10.6 Å². The summed E-state index contributed by atoms with van der Waals surface area (Å²) in [5, 5.41) is 13.7. The number of nitrogens with one attached hydrogen (secondary N) is 3. The molecule has 1 aromatic heterocycles. The summed E-state index contributed by atoms with van der Waals surface area (Å²) in [5.74, 6) is -0.100. The molecule has 4 rings (SSSR count). The number of hydrogen-bond acceptors (Lipinski definition) is 4. The zero-order chi connectivity index (χ0) is 19.3. The van der Waals surface area contributed by atoms with Crippen molar-refractivity contribution in [2.45, 2.75) is 64.2 Å². The van der Waals surface area contributed by atoms with E-state index < -0.39 is 0 Å². The third kappa shape index (κ3) is 4.28. The number of carbonyl (C=O) groups is 1. The fourth-order valence-electron chi connectivity index (χ4n) is 4.48. The van der Waals surface area contributed by atoms with Gasteiger partial charge < -0.3 is 10.6 Å². The fourth-order valence-corrected chi connectivity index (χ4v) is 4.48. The van der Waals surface area contributed by atoms with Crippen LogP contribution in [0.3, 0.4) is 0 Å². The number of H-pyrrole nitrogens is 1. The normalized spacial score (nSPS) is 17.5. The molecule has 1 fully saturated rings. The van der Waals surface area contributed by atoms with Gasteiger partial charge in [0.15, 0.2) is 5.69 Å². The highest BCUT2D eigenvalue weighted by atomic mass is 16.1. The molecule has 2 aliphatic rings. The molecular weight excluding hydrogens is 350 g/mol. The molecule has 3 N–H and O–H groups in total. The topological polar surface area (TPSA) is 73.0 Å². The van der Waals surface area contributed by atoms with Gasteiger partial charge in [-0.25, -0.2) is 0 Å². The molecular formula is C22H31N5O. The first-order valence-corrected chi connectivity index (χ1v) is 10.5. The largest absolute Gasteiger partial charge is 0.347 e. The van der Waals surface area contributed by atoms with Crippen molar-refractivity contribution in [3.8, 4) is 0 Å². The van der Waals surface area contributed by atoms with Crippen LogP contribution in [0.2, 0.25) is 0 Å². The van der Waals surface area contributed by atoms with Gasteiger partial charge in [-0.05, 0) is 31.0 Å². The van der Waals surface area contributed by atoms with Gasteiger partial charge in [0.25, 0.3) is 5.91 Å². The zero-order valence-electron chi connectivity index (χ0n) is 16.8. The second-order valence-corrected chi connectivity index (χ2v) is 8.11. The summed E-state index contributed by atoms with van der Waals surface area (Å²) >= 11 is 0. The molecule has 2 aromatic rings. The first kappa shape index (κ1) is 19.2. The van der Waals surface area contributed by atoms with Crippen molar-refractivity contribution in [2.24, 2.45) is 0 Å². The Kier molecular flexibility index (Phi) is 6.07. The summed E-state index contributed by atoms with van der Waals surface area (Å²) < 4.78 is 0. The highest BCUT2D eigenvalue weighted by Crippen LogP contribution is 2.23. The van der Waals surface area contributed by atoms with Crippen LogP contribution in [-0.4, -0.2) is 40.6 Å². The molecule has 2 heterocycles. The van der Waals surface area contributed by atoms with Gasteiger partial charge >= 0.3 is 0 Å². The van der Waals surface area contributed by atoms with E-state index in [0.717, 1.165) is 30.8 Å². The van der Waals surface area contributed by atoms with Gasteiger partial charge in [0.2, 0.25) is 0 Å². The Labute approximate surface area is 167 Å². The van der Waals surface area contributed by atoms with Gasteiger partial charge in [-0.1, -0.05) is 43.5 Å². The summed E-state index contributed by atoms with van der Waals surface area (Å²) in [6, 6.07) is 9.11. The third-order valence-electron chi connectivity index (χ3n) is 6.20. The minimum absolute atomic E-state index is 0.100. The monoisotopic (exact) mass is 381 g/mol. The highest BCUT2D eigenvalue weighted by molar-refractivity contribution is 5.94. The SMILES string of the molecule is CN(Cc1ccccc1CNC(=O)c1n[nH]c2c1CNCC2)C1CCCCC1. The maximum atomic E-state index is 12.7. The Morgan fingerprint density at radius 1 is 1.21 bits per heavy atom. The number of hydrogen-bond donors (Lipinski definition) is 3. The van der Waals surface area contributed by atoms with Crippen molar-refractivity contribution in [3.05, 3.63) is 52.3 Å². The first-order chi connectivity index (χ1) is 13.7. The van der Waals surface area contributed by atoms with E-state index >= 15 is 0 Å². The lowest BCUT2D eigenvalue weighted by Crippen LogP contribution is -2.33. The molecule has 1 saturated carbocycles. The molecule has 6 heteroatoms. The van der Waals surface area contributed by atoms with E-state index in [9.17, 15) is 4.79 Å². The molecule has 0 atom stereocenters. The number of benzene rings is 1. The van der Waals surface area contributed by atoms with Crippen molar-refractivity contribution in [1.82, 2.24) is 25.7 Å².